The Balaban J connectivity index is 2.08. The van der Waals surface area contributed by atoms with Crippen molar-refractivity contribution >= 4 is 17.3 Å². The van der Waals surface area contributed by atoms with Crippen LogP contribution in [0.1, 0.15) is 18.3 Å². The normalized spacial score (nSPS) is 10.3. The van der Waals surface area contributed by atoms with Gasteiger partial charge in [-0.05, 0) is 24.6 Å². The topological polar surface area (TPSA) is 65.3 Å². The minimum atomic E-state index is -0.498. The molecule has 0 fully saturated rings. The summed E-state index contributed by atoms with van der Waals surface area (Å²) in [7, 11) is 0. The number of non-ortho nitro benzene ring substituents is 1. The number of hydrogen-bond acceptors (Lipinski definition) is 4. The van der Waals surface area contributed by atoms with Crippen molar-refractivity contribution in [1.29, 1.82) is 0 Å². The van der Waals surface area contributed by atoms with Crippen LogP contribution in [0, 0.1) is 10.1 Å². The summed E-state index contributed by atoms with van der Waals surface area (Å²) in [6.07, 6.45) is 0.853. The van der Waals surface area contributed by atoms with Crippen LogP contribution in [0.5, 0.6) is 5.75 Å². The zero-order chi connectivity index (χ0) is 14.5. The lowest BCUT2D eigenvalue weighted by molar-refractivity contribution is -0.384. The Morgan fingerprint density at radius 1 is 1.30 bits per heavy atom. The highest BCUT2D eigenvalue weighted by Gasteiger charge is 2.10. The minimum absolute atomic E-state index is 0.0616. The van der Waals surface area contributed by atoms with Gasteiger partial charge in [-0.1, -0.05) is 24.6 Å². The summed E-state index contributed by atoms with van der Waals surface area (Å²) < 4.78 is 5.54. The van der Waals surface area contributed by atoms with Crippen molar-refractivity contribution < 1.29 is 9.66 Å². The number of aryl methyl sites for hydroxylation is 1. The van der Waals surface area contributed by atoms with Gasteiger partial charge in [0.1, 0.15) is 12.4 Å². The molecule has 0 unspecified atom stereocenters. The third-order valence-corrected chi connectivity index (χ3v) is 3.02. The Labute approximate surface area is 121 Å². The van der Waals surface area contributed by atoms with E-state index in [2.05, 4.69) is 4.98 Å². The van der Waals surface area contributed by atoms with E-state index < -0.39 is 4.92 Å². The van der Waals surface area contributed by atoms with E-state index in [0.717, 1.165) is 17.8 Å². The summed E-state index contributed by atoms with van der Waals surface area (Å²) in [6, 6.07) is 9.84. The fourth-order valence-electron chi connectivity index (χ4n) is 1.68. The summed E-state index contributed by atoms with van der Waals surface area (Å²) in [6.45, 7) is 2.30. The number of aromatic nitrogens is 1. The number of nitro benzene ring substituents is 1. The van der Waals surface area contributed by atoms with E-state index in [1.165, 1.54) is 18.2 Å². The molecule has 104 valence electrons. The smallest absolute Gasteiger partial charge is 0.271 e. The molecule has 2 rings (SSSR count). The van der Waals surface area contributed by atoms with Crippen LogP contribution in [-0.4, -0.2) is 9.91 Å². The van der Waals surface area contributed by atoms with Gasteiger partial charge in [-0.3, -0.25) is 15.1 Å². The number of nitro groups is 1. The van der Waals surface area contributed by atoms with Crippen molar-refractivity contribution in [2.24, 2.45) is 0 Å². The summed E-state index contributed by atoms with van der Waals surface area (Å²) >= 11 is 5.95. The first-order valence-electron chi connectivity index (χ1n) is 6.11. The van der Waals surface area contributed by atoms with Crippen molar-refractivity contribution in [3.63, 3.8) is 0 Å². The van der Waals surface area contributed by atoms with E-state index >= 15 is 0 Å². The highest BCUT2D eigenvalue weighted by molar-refractivity contribution is 6.32. The summed E-state index contributed by atoms with van der Waals surface area (Å²) in [5.74, 6) is 0.404. The van der Waals surface area contributed by atoms with Crippen LogP contribution in [0.3, 0.4) is 0 Å². The van der Waals surface area contributed by atoms with Gasteiger partial charge in [-0.15, -0.1) is 0 Å². The molecule has 0 aliphatic heterocycles. The Morgan fingerprint density at radius 3 is 2.70 bits per heavy atom. The predicted octanol–water partition coefficient (Wildman–Crippen LogP) is 3.78. The molecule has 0 bridgehead atoms. The first-order valence-corrected chi connectivity index (χ1v) is 6.49. The molecular weight excluding hydrogens is 280 g/mol. The van der Waals surface area contributed by atoms with Gasteiger partial charge in [0.15, 0.2) is 0 Å². The molecule has 0 N–H and O–H groups in total. The molecule has 5 nitrogen and oxygen atoms in total. The number of ether oxygens (including phenoxy) is 1. The molecular formula is C14H13ClN2O3. The zero-order valence-corrected chi connectivity index (χ0v) is 11.6. The molecule has 1 aromatic carbocycles. The Bertz CT molecular complexity index is 632. The van der Waals surface area contributed by atoms with E-state index in [-0.39, 0.29) is 17.3 Å². The summed E-state index contributed by atoms with van der Waals surface area (Å²) in [5.41, 5.74) is 1.72. The molecule has 0 radical (unpaired) electrons. The fourth-order valence-corrected chi connectivity index (χ4v) is 1.91. The average molecular weight is 293 g/mol. The molecule has 2 aromatic rings. The number of halogens is 1. The standard InChI is InChI=1S/C14H13ClN2O3/c1-2-10-4-3-5-11(16-10)9-20-14-7-6-12(17(18)19)8-13(14)15/h3-8H,2,9H2,1H3. The third-order valence-electron chi connectivity index (χ3n) is 2.73. The number of rotatable bonds is 5. The summed E-state index contributed by atoms with van der Waals surface area (Å²) in [5, 5.41) is 10.8. The predicted molar refractivity (Wildman–Crippen MR) is 76.1 cm³/mol. The molecule has 6 heteroatoms. The van der Waals surface area contributed by atoms with E-state index in [0.29, 0.717) is 5.75 Å². The van der Waals surface area contributed by atoms with Crippen LogP contribution < -0.4 is 4.74 Å². The van der Waals surface area contributed by atoms with E-state index in [9.17, 15) is 10.1 Å². The highest BCUT2D eigenvalue weighted by atomic mass is 35.5. The lowest BCUT2D eigenvalue weighted by atomic mass is 10.2. The van der Waals surface area contributed by atoms with Crippen molar-refractivity contribution in [2.45, 2.75) is 20.0 Å². The van der Waals surface area contributed by atoms with Crippen molar-refractivity contribution in [2.75, 3.05) is 0 Å². The third kappa shape index (κ3) is 3.45. The molecule has 1 heterocycles. The SMILES string of the molecule is CCc1cccc(COc2ccc([N+](=O)[O-])cc2Cl)n1. The van der Waals surface area contributed by atoms with E-state index in [1.807, 2.05) is 25.1 Å². The number of pyridine rings is 1. The van der Waals surface area contributed by atoms with Crippen LogP contribution in [0.2, 0.25) is 5.02 Å². The molecule has 1 aromatic heterocycles. The zero-order valence-electron chi connectivity index (χ0n) is 10.9. The lowest BCUT2D eigenvalue weighted by Crippen LogP contribution is -2.00. The Hall–Kier alpha value is -2.14. The second-order valence-electron chi connectivity index (χ2n) is 4.13. The quantitative estimate of drug-likeness (QED) is 0.621. The first-order chi connectivity index (χ1) is 9.60. The molecule has 0 aliphatic rings. The van der Waals surface area contributed by atoms with Crippen molar-refractivity contribution in [3.05, 3.63) is 62.9 Å². The number of nitrogens with zero attached hydrogens (tertiary/aromatic N) is 2. The van der Waals surface area contributed by atoms with Crippen LogP contribution in [0.4, 0.5) is 5.69 Å². The van der Waals surface area contributed by atoms with Gasteiger partial charge >= 0.3 is 0 Å². The van der Waals surface area contributed by atoms with E-state index in [1.54, 1.807) is 0 Å². The van der Waals surface area contributed by atoms with E-state index in [4.69, 9.17) is 16.3 Å². The van der Waals surface area contributed by atoms with Gasteiger partial charge in [0.25, 0.3) is 5.69 Å². The second-order valence-corrected chi connectivity index (χ2v) is 4.54. The highest BCUT2D eigenvalue weighted by Crippen LogP contribution is 2.29. The lowest BCUT2D eigenvalue weighted by Gasteiger charge is -2.08. The van der Waals surface area contributed by atoms with Gasteiger partial charge in [0, 0.05) is 17.8 Å². The number of hydrogen-bond donors (Lipinski definition) is 0. The van der Waals surface area contributed by atoms with Gasteiger partial charge in [-0.25, -0.2) is 0 Å². The second kappa shape index (κ2) is 6.34. The van der Waals surface area contributed by atoms with Crippen LogP contribution in [-0.2, 0) is 13.0 Å². The molecule has 20 heavy (non-hydrogen) atoms. The maximum atomic E-state index is 10.6. The van der Waals surface area contributed by atoms with Gasteiger partial charge < -0.3 is 4.74 Å². The average Bonchev–Trinajstić information content (AvgIpc) is 2.46. The van der Waals surface area contributed by atoms with Crippen molar-refractivity contribution in [1.82, 2.24) is 4.98 Å². The van der Waals surface area contributed by atoms with Crippen LogP contribution >= 0.6 is 11.6 Å². The fraction of sp³-hybridized carbons (Fsp3) is 0.214. The maximum Gasteiger partial charge on any atom is 0.271 e. The monoisotopic (exact) mass is 292 g/mol. The molecule has 0 aliphatic carbocycles. The first kappa shape index (κ1) is 14.3. The molecule has 0 atom stereocenters. The molecule has 0 saturated heterocycles. The van der Waals surface area contributed by atoms with Crippen LogP contribution in [0.15, 0.2) is 36.4 Å². The largest absolute Gasteiger partial charge is 0.486 e. The van der Waals surface area contributed by atoms with Gasteiger partial charge in [0.05, 0.1) is 15.6 Å². The molecule has 0 spiro atoms. The van der Waals surface area contributed by atoms with Crippen molar-refractivity contribution in [3.8, 4) is 5.75 Å². The summed E-state index contributed by atoms with van der Waals surface area (Å²) in [4.78, 5) is 14.5. The molecule has 0 amide bonds. The van der Waals surface area contributed by atoms with Gasteiger partial charge in [-0.2, -0.15) is 0 Å². The maximum absolute atomic E-state index is 10.6. The molecule has 0 saturated carbocycles. The Kier molecular flexibility index (Phi) is 4.53. The van der Waals surface area contributed by atoms with Gasteiger partial charge in [0.2, 0.25) is 0 Å². The van der Waals surface area contributed by atoms with Crippen LogP contribution in [0.25, 0.3) is 0 Å². The minimum Gasteiger partial charge on any atom is -0.486 e. The Morgan fingerprint density at radius 2 is 2.05 bits per heavy atom. The number of benzene rings is 1.